The van der Waals surface area contributed by atoms with E-state index in [1.165, 1.54) is 6.92 Å². The lowest BCUT2D eigenvalue weighted by Crippen LogP contribution is -2.17. The molecule has 3 nitrogen and oxygen atoms in total. The maximum atomic E-state index is 15.4. The zero-order valence-electron chi connectivity index (χ0n) is 17.2. The molecule has 5 heteroatoms. The van der Waals surface area contributed by atoms with Gasteiger partial charge in [-0.2, -0.15) is 0 Å². The number of benzene rings is 3. The molecular formula is C25H24F2O3. The van der Waals surface area contributed by atoms with Gasteiger partial charge in [0.05, 0.1) is 0 Å². The maximum Gasteiger partial charge on any atom is 0.347 e. The predicted octanol–water partition coefficient (Wildman–Crippen LogP) is 6.27. The molecule has 0 aromatic heterocycles. The summed E-state index contributed by atoms with van der Waals surface area (Å²) in [6.45, 7) is 5.22. The van der Waals surface area contributed by atoms with Crippen molar-refractivity contribution in [3.63, 3.8) is 0 Å². The second kappa shape index (κ2) is 9.53. The van der Waals surface area contributed by atoms with E-state index in [2.05, 4.69) is 0 Å². The highest BCUT2D eigenvalue weighted by molar-refractivity contribution is 5.96. The lowest BCUT2D eigenvalue weighted by Gasteiger charge is -2.19. The molecule has 0 radical (unpaired) electrons. The van der Waals surface area contributed by atoms with E-state index in [1.807, 2.05) is 44.2 Å². The summed E-state index contributed by atoms with van der Waals surface area (Å²) in [5.74, 6) is -2.44. The van der Waals surface area contributed by atoms with E-state index in [9.17, 15) is 4.79 Å². The highest BCUT2D eigenvalue weighted by Crippen LogP contribution is 2.34. The fourth-order valence-electron chi connectivity index (χ4n) is 3.19. The Bertz CT molecular complexity index is 1020. The summed E-state index contributed by atoms with van der Waals surface area (Å²) in [5.41, 5.74) is 0.488. The fourth-order valence-corrected chi connectivity index (χ4v) is 3.19. The Morgan fingerprint density at radius 2 is 1.53 bits per heavy atom. The van der Waals surface area contributed by atoms with E-state index in [4.69, 9.17) is 9.47 Å². The first kappa shape index (κ1) is 21.5. The molecule has 0 amide bonds. The summed E-state index contributed by atoms with van der Waals surface area (Å²) < 4.78 is 41.5. The molecule has 0 unspecified atom stereocenters. The van der Waals surface area contributed by atoms with Crippen LogP contribution in [0.1, 0.15) is 40.9 Å². The van der Waals surface area contributed by atoms with Gasteiger partial charge in [-0.25, -0.2) is 13.6 Å². The molecule has 3 aromatic rings. The number of esters is 1. The lowest BCUT2D eigenvalue weighted by molar-refractivity contribution is 0.0726. The highest BCUT2D eigenvalue weighted by Gasteiger charge is 2.29. The molecule has 0 atom stereocenters. The minimum Gasteiger partial charge on any atom is -0.485 e. The summed E-state index contributed by atoms with van der Waals surface area (Å²) in [7, 11) is 0. The van der Waals surface area contributed by atoms with Crippen LogP contribution in [0.15, 0.2) is 60.7 Å². The molecule has 0 aliphatic rings. The van der Waals surface area contributed by atoms with Crippen molar-refractivity contribution in [2.24, 2.45) is 5.92 Å². The van der Waals surface area contributed by atoms with Crippen LogP contribution in [-0.2, 0) is 13.0 Å². The number of hydrogen-bond donors (Lipinski definition) is 0. The average molecular weight is 410 g/mol. The Labute approximate surface area is 175 Å². The van der Waals surface area contributed by atoms with Gasteiger partial charge in [0, 0.05) is 11.1 Å². The monoisotopic (exact) mass is 410 g/mol. The van der Waals surface area contributed by atoms with E-state index in [-0.39, 0.29) is 47.1 Å². The summed E-state index contributed by atoms with van der Waals surface area (Å²) in [5, 5.41) is 0. The zero-order valence-corrected chi connectivity index (χ0v) is 17.2. The molecule has 0 bridgehead atoms. The smallest absolute Gasteiger partial charge is 0.347 e. The Morgan fingerprint density at radius 3 is 2.13 bits per heavy atom. The number of carbonyl (C=O) groups is 1. The molecule has 0 aliphatic carbocycles. The third kappa shape index (κ3) is 4.85. The molecule has 0 N–H and O–H groups in total. The first-order chi connectivity index (χ1) is 14.4. The van der Waals surface area contributed by atoms with Gasteiger partial charge in [0.25, 0.3) is 0 Å². The van der Waals surface area contributed by atoms with Gasteiger partial charge in [-0.3, -0.25) is 0 Å². The fraction of sp³-hybridized carbons (Fsp3) is 0.240. The van der Waals surface area contributed by atoms with Crippen LogP contribution in [0, 0.1) is 24.5 Å². The van der Waals surface area contributed by atoms with Crippen LogP contribution < -0.4 is 9.47 Å². The van der Waals surface area contributed by atoms with Crippen LogP contribution in [0.3, 0.4) is 0 Å². The Morgan fingerprint density at radius 1 is 0.933 bits per heavy atom. The first-order valence-corrected chi connectivity index (χ1v) is 9.82. The van der Waals surface area contributed by atoms with Gasteiger partial charge in [-0.05, 0) is 37.0 Å². The number of carbonyl (C=O) groups excluding carboxylic acids is 1. The van der Waals surface area contributed by atoms with Crippen molar-refractivity contribution in [2.75, 3.05) is 0 Å². The predicted molar refractivity (Wildman–Crippen MR) is 112 cm³/mol. The SMILES string of the molecule is Cc1c(F)c(CC(C)C)c(F)c(OCc2ccccc2)c1C(=O)Oc1ccccc1. The molecule has 3 aromatic carbocycles. The third-order valence-corrected chi connectivity index (χ3v) is 4.66. The van der Waals surface area contributed by atoms with E-state index in [1.54, 1.807) is 30.3 Å². The van der Waals surface area contributed by atoms with Crippen molar-refractivity contribution in [1.29, 1.82) is 0 Å². The van der Waals surface area contributed by atoms with Crippen molar-refractivity contribution in [3.05, 3.63) is 94.6 Å². The van der Waals surface area contributed by atoms with Crippen LogP contribution >= 0.6 is 0 Å². The van der Waals surface area contributed by atoms with Crippen LogP contribution in [-0.4, -0.2) is 5.97 Å². The van der Waals surface area contributed by atoms with Gasteiger partial charge in [-0.1, -0.05) is 62.4 Å². The minimum atomic E-state index is -0.865. The molecule has 0 saturated carbocycles. The van der Waals surface area contributed by atoms with E-state index < -0.39 is 17.6 Å². The van der Waals surface area contributed by atoms with E-state index in [0.29, 0.717) is 0 Å². The van der Waals surface area contributed by atoms with Crippen molar-refractivity contribution in [2.45, 2.75) is 33.8 Å². The minimum absolute atomic E-state index is 0.0102. The summed E-state index contributed by atoms with van der Waals surface area (Å²) in [6.07, 6.45) is 0.189. The zero-order chi connectivity index (χ0) is 21.7. The largest absolute Gasteiger partial charge is 0.485 e. The number of ether oxygens (including phenoxy) is 2. The molecular weight excluding hydrogens is 386 g/mol. The quantitative estimate of drug-likeness (QED) is 0.340. The van der Waals surface area contributed by atoms with Gasteiger partial charge in [0.1, 0.15) is 23.7 Å². The molecule has 0 saturated heterocycles. The molecule has 30 heavy (non-hydrogen) atoms. The first-order valence-electron chi connectivity index (χ1n) is 9.82. The molecule has 3 rings (SSSR count). The van der Waals surface area contributed by atoms with Crippen molar-refractivity contribution < 1.29 is 23.0 Å². The number of hydrogen-bond acceptors (Lipinski definition) is 3. The number of halogens is 2. The van der Waals surface area contributed by atoms with Crippen LogP contribution in [0.4, 0.5) is 8.78 Å². The second-order valence-corrected chi connectivity index (χ2v) is 7.51. The van der Waals surface area contributed by atoms with E-state index in [0.717, 1.165) is 5.56 Å². The van der Waals surface area contributed by atoms with Gasteiger partial charge in [0.15, 0.2) is 11.6 Å². The van der Waals surface area contributed by atoms with Gasteiger partial charge in [-0.15, -0.1) is 0 Å². The molecule has 0 fully saturated rings. The van der Waals surface area contributed by atoms with Crippen molar-refractivity contribution >= 4 is 5.97 Å². The van der Waals surface area contributed by atoms with Crippen LogP contribution in [0.25, 0.3) is 0 Å². The Kier molecular flexibility index (Phi) is 6.83. The van der Waals surface area contributed by atoms with E-state index >= 15 is 8.78 Å². The molecule has 0 aliphatic heterocycles. The second-order valence-electron chi connectivity index (χ2n) is 7.51. The summed E-state index contributed by atoms with van der Waals surface area (Å²) >= 11 is 0. The molecule has 0 heterocycles. The highest BCUT2D eigenvalue weighted by atomic mass is 19.1. The summed E-state index contributed by atoms with van der Waals surface area (Å²) in [6, 6.07) is 17.5. The van der Waals surface area contributed by atoms with Crippen molar-refractivity contribution in [1.82, 2.24) is 0 Å². The van der Waals surface area contributed by atoms with Crippen LogP contribution in [0.5, 0.6) is 11.5 Å². The third-order valence-electron chi connectivity index (χ3n) is 4.66. The number of para-hydroxylation sites is 1. The topological polar surface area (TPSA) is 35.5 Å². The Hall–Kier alpha value is -3.21. The van der Waals surface area contributed by atoms with Crippen molar-refractivity contribution in [3.8, 4) is 11.5 Å². The normalized spacial score (nSPS) is 10.9. The molecule has 156 valence electrons. The molecule has 0 spiro atoms. The van der Waals surface area contributed by atoms with Gasteiger partial charge in [0.2, 0.25) is 0 Å². The van der Waals surface area contributed by atoms with Gasteiger partial charge < -0.3 is 9.47 Å². The van der Waals surface area contributed by atoms with Gasteiger partial charge >= 0.3 is 5.97 Å². The Balaban J connectivity index is 2.04. The summed E-state index contributed by atoms with van der Waals surface area (Å²) in [4.78, 5) is 12.9. The van der Waals surface area contributed by atoms with Crippen LogP contribution in [0.2, 0.25) is 0 Å². The number of rotatable bonds is 7. The maximum absolute atomic E-state index is 15.4. The standard InChI is InChI=1S/C25H24F2O3/c1-16(2)14-20-22(26)17(3)21(25(28)30-19-12-8-5-9-13-19)24(23(20)27)29-15-18-10-6-4-7-11-18/h4-13,16H,14-15H2,1-3H3. The average Bonchev–Trinajstić information content (AvgIpc) is 2.74. The lowest BCUT2D eigenvalue weighted by atomic mass is 9.95.